The number of methoxy groups -OCH3 is 1. The van der Waals surface area contributed by atoms with Crippen LogP contribution in [0.3, 0.4) is 0 Å². The van der Waals surface area contributed by atoms with Crippen LogP contribution >= 0.6 is 22.9 Å². The van der Waals surface area contributed by atoms with Crippen LogP contribution < -0.4 is 15.4 Å². The predicted octanol–water partition coefficient (Wildman–Crippen LogP) is 4.49. The number of hydrogen-bond donors (Lipinski definition) is 2. The maximum atomic E-state index is 14.6. The number of carbonyl (C=O) groups excluding carboxylic acids is 3. The molecule has 43 heavy (non-hydrogen) atoms. The number of amides is 3. The van der Waals surface area contributed by atoms with Crippen molar-refractivity contribution in [2.24, 2.45) is 5.92 Å². The molecule has 4 unspecified atom stereocenters. The third-order valence-electron chi connectivity index (χ3n) is 7.93. The second-order valence-corrected chi connectivity index (χ2v) is 12.1. The van der Waals surface area contributed by atoms with Crippen molar-refractivity contribution in [2.75, 3.05) is 39.8 Å². The highest BCUT2D eigenvalue weighted by atomic mass is 35.5. The van der Waals surface area contributed by atoms with Crippen molar-refractivity contribution >= 4 is 46.3 Å². The number of non-ortho nitro benzene ring substituents is 1. The second kappa shape index (κ2) is 13.1. The molecule has 1 aromatic heterocycles. The van der Waals surface area contributed by atoms with Gasteiger partial charge in [0.05, 0.1) is 33.2 Å². The number of nitro groups is 1. The van der Waals surface area contributed by atoms with Gasteiger partial charge in [0.15, 0.2) is 5.78 Å². The number of nitrogens with one attached hydrogen (secondary N) is 2. The van der Waals surface area contributed by atoms with Gasteiger partial charge in [0, 0.05) is 50.8 Å². The minimum Gasteiger partial charge on any atom is -0.497 e. The molecule has 226 valence electrons. The van der Waals surface area contributed by atoms with Crippen LogP contribution in [0.4, 0.5) is 10.5 Å². The van der Waals surface area contributed by atoms with Gasteiger partial charge in [0.1, 0.15) is 11.8 Å². The van der Waals surface area contributed by atoms with E-state index in [0.29, 0.717) is 52.3 Å². The molecule has 0 bridgehead atoms. The Morgan fingerprint density at radius 1 is 1.09 bits per heavy atom. The van der Waals surface area contributed by atoms with E-state index in [9.17, 15) is 24.5 Å². The molecule has 2 fully saturated rings. The van der Waals surface area contributed by atoms with Crippen LogP contribution in [0.15, 0.2) is 60.7 Å². The van der Waals surface area contributed by atoms with Crippen molar-refractivity contribution in [2.45, 2.75) is 24.9 Å². The smallest absolute Gasteiger partial charge is 0.318 e. The van der Waals surface area contributed by atoms with E-state index in [1.165, 1.54) is 30.2 Å². The lowest BCUT2D eigenvalue weighted by atomic mass is 9.77. The van der Waals surface area contributed by atoms with Crippen LogP contribution in [-0.2, 0) is 4.79 Å². The molecule has 2 aromatic carbocycles. The minimum absolute atomic E-state index is 0.187. The van der Waals surface area contributed by atoms with Crippen LogP contribution in [0.1, 0.15) is 39.7 Å². The number of urea groups is 1. The number of ketones is 1. The van der Waals surface area contributed by atoms with Gasteiger partial charge in [0.25, 0.3) is 5.69 Å². The highest BCUT2D eigenvalue weighted by Crippen LogP contribution is 2.52. The number of hydrogen-bond acceptors (Lipinski definition) is 8. The van der Waals surface area contributed by atoms with Crippen molar-refractivity contribution in [1.29, 1.82) is 0 Å². The van der Waals surface area contributed by atoms with Crippen LogP contribution in [-0.4, -0.2) is 78.3 Å². The summed E-state index contributed by atoms with van der Waals surface area (Å²) in [5.41, 5.74) is 0.828. The number of ether oxygens (including phenoxy) is 1. The fourth-order valence-electron chi connectivity index (χ4n) is 6.10. The fourth-order valence-corrected chi connectivity index (χ4v) is 7.13. The molecule has 0 spiro atoms. The number of nitro benzene ring substituents is 1. The molecule has 3 aromatic rings. The number of likely N-dealkylation sites (tertiary alicyclic amines) is 1. The van der Waals surface area contributed by atoms with Gasteiger partial charge in [-0.05, 0) is 42.3 Å². The molecule has 3 amide bonds. The molecular formula is C30H32ClN5O6S. The molecule has 2 aliphatic heterocycles. The average Bonchev–Trinajstić information content (AvgIpc) is 3.63. The quantitative estimate of drug-likeness (QED) is 0.214. The molecule has 2 N–H and O–H groups in total. The number of halogens is 1. The van der Waals surface area contributed by atoms with E-state index >= 15 is 0 Å². The highest BCUT2D eigenvalue weighted by Gasteiger charge is 2.58. The third-order valence-corrected chi connectivity index (χ3v) is 9.18. The molecule has 11 nitrogen and oxygen atoms in total. The van der Waals surface area contributed by atoms with Crippen LogP contribution in [0.25, 0.3) is 0 Å². The Bertz CT molecular complexity index is 1530. The van der Waals surface area contributed by atoms with E-state index < -0.39 is 34.9 Å². The second-order valence-electron chi connectivity index (χ2n) is 10.4. The van der Waals surface area contributed by atoms with Gasteiger partial charge >= 0.3 is 6.03 Å². The van der Waals surface area contributed by atoms with Crippen LogP contribution in [0, 0.1) is 16.0 Å². The molecule has 0 saturated carbocycles. The zero-order valence-corrected chi connectivity index (χ0v) is 25.3. The van der Waals surface area contributed by atoms with E-state index in [2.05, 4.69) is 10.6 Å². The van der Waals surface area contributed by atoms with Crippen LogP contribution in [0.5, 0.6) is 5.75 Å². The van der Waals surface area contributed by atoms with Crippen molar-refractivity contribution in [1.82, 2.24) is 20.4 Å². The Labute approximate surface area is 257 Å². The van der Waals surface area contributed by atoms with E-state index in [0.717, 1.165) is 11.3 Å². The van der Waals surface area contributed by atoms with E-state index in [4.69, 9.17) is 16.3 Å². The molecule has 2 saturated heterocycles. The standard InChI is InChI=1S/C30H32ClN5O6S/c1-3-33-30(39)35-26(19-7-4-8-20(16-19)36(40)41)25(28(37)22-10-11-23(31)43-22)24(18-6-5-9-21(17-18)42-2)27(35)29(38)34-14-12-32-13-15-34/h4-11,16-17,24-27,32H,3,12-15H2,1-2H3,(H,33,39). The first-order valence-corrected chi connectivity index (χ1v) is 15.2. The third kappa shape index (κ3) is 6.08. The Morgan fingerprint density at radius 2 is 1.81 bits per heavy atom. The number of piperazine rings is 1. The van der Waals surface area contributed by atoms with Gasteiger partial charge in [0.2, 0.25) is 5.91 Å². The summed E-state index contributed by atoms with van der Waals surface area (Å²) in [6.45, 7) is 4.09. The molecule has 0 aliphatic carbocycles. The average molecular weight is 626 g/mol. The lowest BCUT2D eigenvalue weighted by Gasteiger charge is -2.36. The van der Waals surface area contributed by atoms with Crippen LogP contribution in [0.2, 0.25) is 4.34 Å². The summed E-state index contributed by atoms with van der Waals surface area (Å²) in [7, 11) is 1.53. The Balaban J connectivity index is 1.78. The van der Waals surface area contributed by atoms with E-state index in [1.54, 1.807) is 48.2 Å². The lowest BCUT2D eigenvalue weighted by molar-refractivity contribution is -0.385. The number of Topliss-reactive ketones (excluding diaryl/α,β-unsaturated/α-hetero) is 1. The largest absolute Gasteiger partial charge is 0.497 e. The van der Waals surface area contributed by atoms with Gasteiger partial charge in [-0.1, -0.05) is 35.9 Å². The first-order valence-electron chi connectivity index (χ1n) is 14.0. The number of carbonyl (C=O) groups is 3. The van der Waals surface area contributed by atoms with Gasteiger partial charge in [-0.2, -0.15) is 0 Å². The van der Waals surface area contributed by atoms with Crippen molar-refractivity contribution < 1.29 is 24.0 Å². The van der Waals surface area contributed by atoms with Crippen molar-refractivity contribution in [3.63, 3.8) is 0 Å². The summed E-state index contributed by atoms with van der Waals surface area (Å²) in [5, 5.41) is 17.9. The maximum Gasteiger partial charge on any atom is 0.318 e. The monoisotopic (exact) mass is 625 g/mol. The Hall–Kier alpha value is -4.00. The summed E-state index contributed by atoms with van der Waals surface area (Å²) in [4.78, 5) is 57.9. The highest BCUT2D eigenvalue weighted by molar-refractivity contribution is 7.18. The number of benzene rings is 2. The first-order chi connectivity index (χ1) is 20.7. The molecule has 13 heteroatoms. The Morgan fingerprint density at radius 3 is 2.47 bits per heavy atom. The van der Waals surface area contributed by atoms with Gasteiger partial charge in [-0.15, -0.1) is 11.3 Å². The van der Waals surface area contributed by atoms with E-state index in [1.807, 2.05) is 6.07 Å². The molecule has 0 radical (unpaired) electrons. The van der Waals surface area contributed by atoms with Crippen molar-refractivity contribution in [3.8, 4) is 5.75 Å². The normalized spacial score (nSPS) is 21.8. The molecule has 2 aliphatic rings. The number of rotatable bonds is 8. The first kappa shape index (κ1) is 30.5. The number of nitrogens with zero attached hydrogens (tertiary/aromatic N) is 3. The molecule has 3 heterocycles. The summed E-state index contributed by atoms with van der Waals surface area (Å²) >= 11 is 7.36. The Kier molecular flexibility index (Phi) is 9.28. The molecular weight excluding hydrogens is 594 g/mol. The summed E-state index contributed by atoms with van der Waals surface area (Å²) in [6.07, 6.45) is 0. The zero-order chi connectivity index (χ0) is 30.7. The summed E-state index contributed by atoms with van der Waals surface area (Å²) in [5.74, 6) is -1.87. The fraction of sp³-hybridized carbons (Fsp3) is 0.367. The summed E-state index contributed by atoms with van der Waals surface area (Å²) in [6, 6.07) is 13.7. The lowest BCUT2D eigenvalue weighted by Crippen LogP contribution is -2.56. The molecule has 5 rings (SSSR count). The summed E-state index contributed by atoms with van der Waals surface area (Å²) < 4.78 is 5.92. The molecule has 4 atom stereocenters. The maximum absolute atomic E-state index is 14.6. The minimum atomic E-state index is -1.09. The predicted molar refractivity (Wildman–Crippen MR) is 163 cm³/mol. The van der Waals surface area contributed by atoms with Gasteiger partial charge < -0.3 is 25.2 Å². The topological polar surface area (TPSA) is 134 Å². The zero-order valence-electron chi connectivity index (χ0n) is 23.7. The SMILES string of the molecule is CCNC(=O)N1C(C(=O)N2CCNCC2)C(c2cccc(OC)c2)C(C(=O)c2ccc(Cl)s2)C1c1cccc([N+](=O)[O-])c1. The van der Waals surface area contributed by atoms with E-state index in [-0.39, 0.29) is 23.9 Å². The van der Waals surface area contributed by atoms with Crippen molar-refractivity contribution in [3.05, 3.63) is 91.1 Å². The van der Waals surface area contributed by atoms with Gasteiger partial charge in [-0.3, -0.25) is 19.7 Å². The van der Waals surface area contributed by atoms with Gasteiger partial charge in [-0.25, -0.2) is 4.79 Å². The number of thiophene rings is 1.